The fourth-order valence-corrected chi connectivity index (χ4v) is 1.59. The van der Waals surface area contributed by atoms with Crippen molar-refractivity contribution < 1.29 is 0 Å². The summed E-state index contributed by atoms with van der Waals surface area (Å²) in [6, 6.07) is 0.759. The Hall–Kier alpha value is 0.660. The zero-order valence-corrected chi connectivity index (χ0v) is 10.4. The molecule has 1 heterocycles. The van der Waals surface area contributed by atoms with E-state index >= 15 is 0 Å². The monoisotopic (exact) mass is 209 g/mol. The summed E-state index contributed by atoms with van der Waals surface area (Å²) >= 11 is 0. The van der Waals surface area contributed by atoms with Gasteiger partial charge in [-0.25, -0.2) is 0 Å². The molecule has 0 aromatic rings. The molecule has 1 aliphatic rings. The highest BCUT2D eigenvalue weighted by atomic mass is 32.1. The molecule has 2 atom stereocenters. The van der Waals surface area contributed by atoms with Gasteiger partial charge in [-0.15, -0.1) is 0 Å². The molecule has 1 fully saturated rings. The summed E-state index contributed by atoms with van der Waals surface area (Å²) in [5.41, 5.74) is 0. The predicted molar refractivity (Wildman–Crippen MR) is 65.8 cm³/mol. The number of hydrogen-bond acceptors (Lipinski definition) is 1. The van der Waals surface area contributed by atoms with E-state index in [9.17, 15) is 0 Å². The molecule has 76 valence electrons. The van der Waals surface area contributed by atoms with Crippen LogP contribution in [0.2, 0.25) is 0 Å². The number of nitrogens with one attached hydrogen (secondary N) is 1. The Kier molecular flexibility index (Phi) is 8.96. The second-order valence-corrected chi connectivity index (χ2v) is 3.89. The molecule has 0 unspecified atom stereocenters. The van der Waals surface area contributed by atoms with Gasteiger partial charge in [-0.3, -0.25) is 0 Å². The second-order valence-electron chi connectivity index (χ2n) is 3.89. The lowest BCUT2D eigenvalue weighted by Crippen LogP contribution is -2.38. The molecule has 0 saturated carbocycles. The lowest BCUT2D eigenvalue weighted by molar-refractivity contribution is 0.262. The van der Waals surface area contributed by atoms with Crippen LogP contribution in [0.25, 0.3) is 0 Å². The van der Waals surface area contributed by atoms with Gasteiger partial charge in [0.2, 0.25) is 0 Å². The highest BCUT2D eigenvalue weighted by molar-refractivity contribution is 7.59. The van der Waals surface area contributed by atoms with E-state index in [1.54, 1.807) is 0 Å². The molecule has 0 amide bonds. The van der Waals surface area contributed by atoms with Crippen LogP contribution in [-0.4, -0.2) is 12.6 Å². The van der Waals surface area contributed by atoms with Crippen LogP contribution in [0.5, 0.6) is 0 Å². The van der Waals surface area contributed by atoms with Gasteiger partial charge in [0, 0.05) is 6.04 Å². The van der Waals surface area contributed by atoms with Crippen LogP contribution in [0.15, 0.2) is 0 Å². The molecule has 12 heavy (non-hydrogen) atoms. The maximum absolute atomic E-state index is 3.51. The van der Waals surface area contributed by atoms with Crippen molar-refractivity contribution in [1.82, 2.24) is 5.32 Å². The van der Waals surface area contributed by atoms with Gasteiger partial charge in [-0.05, 0) is 38.1 Å². The van der Waals surface area contributed by atoms with Gasteiger partial charge in [0.05, 0.1) is 0 Å². The van der Waals surface area contributed by atoms with E-state index in [0.717, 1.165) is 17.9 Å². The van der Waals surface area contributed by atoms with Gasteiger partial charge in [0.1, 0.15) is 0 Å². The van der Waals surface area contributed by atoms with Crippen molar-refractivity contribution >= 4 is 27.0 Å². The standard InChI is InChI=1S/C9H19N.2H2S/c1-7(2)9-5-4-8(3)10-6-9;;/h7-10H,4-6H2,1-3H3;2*1H2/t8-,9+;;/m0../s1. The van der Waals surface area contributed by atoms with Gasteiger partial charge in [-0.2, -0.15) is 27.0 Å². The molecule has 3 heteroatoms. The second kappa shape index (κ2) is 7.10. The minimum atomic E-state index is 0. The average Bonchev–Trinajstić information content (AvgIpc) is 1.88. The average molecular weight is 209 g/mol. The first-order valence-corrected chi connectivity index (χ1v) is 4.43. The zero-order valence-electron chi connectivity index (χ0n) is 8.35. The summed E-state index contributed by atoms with van der Waals surface area (Å²) in [5, 5.41) is 3.51. The molecule has 1 saturated heterocycles. The molecular weight excluding hydrogens is 186 g/mol. The molecule has 0 radical (unpaired) electrons. The summed E-state index contributed by atoms with van der Waals surface area (Å²) in [6.45, 7) is 8.15. The SMILES string of the molecule is CC(C)[C@@H]1CC[C@H](C)NC1.S.S. The van der Waals surface area contributed by atoms with E-state index in [0.29, 0.717) is 0 Å². The minimum absolute atomic E-state index is 0. The third-order valence-electron chi connectivity index (χ3n) is 2.64. The van der Waals surface area contributed by atoms with Crippen LogP contribution in [0.3, 0.4) is 0 Å². The molecule has 0 aromatic carbocycles. The first-order chi connectivity index (χ1) is 4.70. The van der Waals surface area contributed by atoms with Crippen molar-refractivity contribution in [2.45, 2.75) is 39.7 Å². The Bertz CT molecular complexity index is 98.7. The largest absolute Gasteiger partial charge is 0.314 e. The molecule has 0 aliphatic carbocycles. The van der Waals surface area contributed by atoms with Crippen LogP contribution >= 0.6 is 27.0 Å². The van der Waals surface area contributed by atoms with Crippen molar-refractivity contribution in [1.29, 1.82) is 0 Å². The van der Waals surface area contributed by atoms with E-state index in [-0.39, 0.29) is 27.0 Å². The molecule has 0 bridgehead atoms. The highest BCUT2D eigenvalue weighted by Crippen LogP contribution is 2.20. The maximum atomic E-state index is 3.51. The molecule has 1 rings (SSSR count). The maximum Gasteiger partial charge on any atom is 0.00389 e. The first kappa shape index (κ1) is 15.1. The first-order valence-electron chi connectivity index (χ1n) is 4.43. The van der Waals surface area contributed by atoms with Crippen molar-refractivity contribution in [3.05, 3.63) is 0 Å². The highest BCUT2D eigenvalue weighted by Gasteiger charge is 2.19. The van der Waals surface area contributed by atoms with Gasteiger partial charge in [0.15, 0.2) is 0 Å². The Balaban J connectivity index is 0. The van der Waals surface area contributed by atoms with Crippen LogP contribution in [0, 0.1) is 11.8 Å². The minimum Gasteiger partial charge on any atom is -0.314 e. The Morgan fingerprint density at radius 3 is 2.08 bits per heavy atom. The lowest BCUT2D eigenvalue weighted by atomic mass is 9.87. The summed E-state index contributed by atoms with van der Waals surface area (Å²) < 4.78 is 0. The van der Waals surface area contributed by atoms with Crippen molar-refractivity contribution in [2.75, 3.05) is 6.54 Å². The van der Waals surface area contributed by atoms with Crippen LogP contribution in [0.1, 0.15) is 33.6 Å². The summed E-state index contributed by atoms with van der Waals surface area (Å²) in [7, 11) is 0. The fraction of sp³-hybridized carbons (Fsp3) is 1.00. The quantitative estimate of drug-likeness (QED) is 0.698. The molecule has 0 aromatic heterocycles. The Morgan fingerprint density at radius 1 is 1.17 bits per heavy atom. The lowest BCUT2D eigenvalue weighted by Gasteiger charge is -2.30. The van der Waals surface area contributed by atoms with Crippen LogP contribution < -0.4 is 5.32 Å². The molecule has 1 N–H and O–H groups in total. The number of hydrogen-bond donors (Lipinski definition) is 1. The number of rotatable bonds is 1. The summed E-state index contributed by atoms with van der Waals surface area (Å²) in [5.74, 6) is 1.79. The zero-order chi connectivity index (χ0) is 7.56. The third kappa shape index (κ3) is 4.63. The summed E-state index contributed by atoms with van der Waals surface area (Å²) in [6.07, 6.45) is 2.79. The molecule has 1 nitrogen and oxygen atoms in total. The fourth-order valence-electron chi connectivity index (χ4n) is 1.59. The third-order valence-corrected chi connectivity index (χ3v) is 2.64. The van der Waals surface area contributed by atoms with Crippen molar-refractivity contribution in [3.8, 4) is 0 Å². The van der Waals surface area contributed by atoms with Gasteiger partial charge in [-0.1, -0.05) is 13.8 Å². The van der Waals surface area contributed by atoms with Crippen LogP contribution in [0.4, 0.5) is 0 Å². The molecular formula is C9H23NS2. The van der Waals surface area contributed by atoms with Gasteiger partial charge in [0.25, 0.3) is 0 Å². The van der Waals surface area contributed by atoms with Crippen molar-refractivity contribution in [2.24, 2.45) is 11.8 Å². The van der Waals surface area contributed by atoms with Gasteiger partial charge < -0.3 is 5.32 Å². The Morgan fingerprint density at radius 2 is 1.75 bits per heavy atom. The van der Waals surface area contributed by atoms with Crippen LogP contribution in [-0.2, 0) is 0 Å². The van der Waals surface area contributed by atoms with E-state index in [4.69, 9.17) is 0 Å². The van der Waals surface area contributed by atoms with Gasteiger partial charge >= 0.3 is 0 Å². The topological polar surface area (TPSA) is 12.0 Å². The van der Waals surface area contributed by atoms with E-state index < -0.39 is 0 Å². The molecule has 1 aliphatic heterocycles. The van der Waals surface area contributed by atoms with E-state index in [2.05, 4.69) is 26.1 Å². The van der Waals surface area contributed by atoms with E-state index in [1.165, 1.54) is 19.4 Å². The normalized spacial score (nSPS) is 29.0. The predicted octanol–water partition coefficient (Wildman–Crippen LogP) is 2.26. The number of piperidine rings is 1. The van der Waals surface area contributed by atoms with E-state index in [1.807, 2.05) is 0 Å². The smallest absolute Gasteiger partial charge is 0.00389 e. The summed E-state index contributed by atoms with van der Waals surface area (Å²) in [4.78, 5) is 0. The Labute approximate surface area is 90.6 Å². The van der Waals surface area contributed by atoms with Crippen molar-refractivity contribution in [3.63, 3.8) is 0 Å². The molecule has 0 spiro atoms.